The molecule has 0 radical (unpaired) electrons. The topological polar surface area (TPSA) is 114 Å². The van der Waals surface area contributed by atoms with E-state index in [1.165, 1.54) is 32.2 Å². The summed E-state index contributed by atoms with van der Waals surface area (Å²) in [6.07, 6.45) is 0. The zero-order valence-corrected chi connectivity index (χ0v) is 14.1. The van der Waals surface area contributed by atoms with Gasteiger partial charge in [0.1, 0.15) is 6.04 Å². The minimum absolute atomic E-state index is 0.00490. The second kappa shape index (κ2) is 8.76. The van der Waals surface area contributed by atoms with Crippen molar-refractivity contribution in [1.29, 1.82) is 0 Å². The van der Waals surface area contributed by atoms with Gasteiger partial charge in [-0.2, -0.15) is 0 Å². The average molecular weight is 338 g/mol. The molecule has 1 rings (SSSR count). The number of rotatable bonds is 8. The third kappa shape index (κ3) is 5.79. The maximum Gasteiger partial charge on any atom is 0.325 e. The summed E-state index contributed by atoms with van der Waals surface area (Å²) in [5, 5.41) is 13.8. The first-order chi connectivity index (χ1) is 11.2. The highest BCUT2D eigenvalue weighted by atomic mass is 16.5. The second-order valence-electron chi connectivity index (χ2n) is 5.41. The van der Waals surface area contributed by atoms with Crippen LogP contribution < -0.4 is 20.1 Å². The lowest BCUT2D eigenvalue weighted by atomic mass is 10.1. The molecule has 0 aromatic heterocycles. The molecule has 0 aliphatic carbocycles. The fourth-order valence-electron chi connectivity index (χ4n) is 1.78. The first kappa shape index (κ1) is 19.3. The van der Waals surface area contributed by atoms with Crippen LogP contribution in [0.5, 0.6) is 11.5 Å². The number of ether oxygens (including phenoxy) is 2. The van der Waals surface area contributed by atoms with Gasteiger partial charge < -0.3 is 25.2 Å². The third-order valence-electron chi connectivity index (χ3n) is 2.95. The van der Waals surface area contributed by atoms with E-state index in [1.54, 1.807) is 0 Å². The summed E-state index contributed by atoms with van der Waals surface area (Å²) in [4.78, 5) is 34.4. The lowest BCUT2D eigenvalue weighted by Crippen LogP contribution is -2.38. The first-order valence-electron chi connectivity index (χ1n) is 7.38. The molecule has 24 heavy (non-hydrogen) atoms. The average Bonchev–Trinajstić information content (AvgIpc) is 2.51. The van der Waals surface area contributed by atoms with Crippen LogP contribution in [-0.2, 0) is 9.59 Å². The van der Waals surface area contributed by atoms with E-state index in [9.17, 15) is 14.4 Å². The van der Waals surface area contributed by atoms with Crippen LogP contribution in [0.4, 0.5) is 0 Å². The lowest BCUT2D eigenvalue weighted by Gasteiger charge is -2.14. The number of carbonyl (C=O) groups excluding carboxylic acids is 2. The van der Waals surface area contributed by atoms with Gasteiger partial charge in [-0.3, -0.25) is 14.4 Å². The Bertz CT molecular complexity index is 615. The summed E-state index contributed by atoms with van der Waals surface area (Å²) in [7, 11) is 1.40. The number of carbonyl (C=O) groups is 3. The van der Waals surface area contributed by atoms with Crippen LogP contribution in [0.1, 0.15) is 31.1 Å². The van der Waals surface area contributed by atoms with Crippen LogP contribution >= 0.6 is 0 Å². The minimum atomic E-state index is -1.13. The molecule has 0 unspecified atom stereocenters. The number of carboxylic acids is 1. The van der Waals surface area contributed by atoms with Crippen molar-refractivity contribution >= 4 is 17.8 Å². The molecule has 0 fully saturated rings. The Balaban J connectivity index is 2.79. The van der Waals surface area contributed by atoms with Crippen molar-refractivity contribution in [1.82, 2.24) is 10.6 Å². The molecule has 1 aromatic rings. The van der Waals surface area contributed by atoms with Crippen molar-refractivity contribution in [2.24, 2.45) is 0 Å². The molecule has 0 saturated heterocycles. The van der Waals surface area contributed by atoms with Gasteiger partial charge >= 0.3 is 5.97 Å². The Kier molecular flexibility index (Phi) is 7.03. The summed E-state index contributed by atoms with van der Waals surface area (Å²) < 4.78 is 10.5. The highest BCUT2D eigenvalue weighted by Crippen LogP contribution is 2.28. The van der Waals surface area contributed by atoms with E-state index in [2.05, 4.69) is 10.6 Å². The minimum Gasteiger partial charge on any atom is -0.493 e. The number of aliphatic carboxylic acids is 1. The van der Waals surface area contributed by atoms with Gasteiger partial charge in [0, 0.05) is 11.6 Å². The van der Waals surface area contributed by atoms with Crippen LogP contribution in [-0.4, -0.2) is 48.7 Å². The number of methoxy groups -OCH3 is 1. The Morgan fingerprint density at radius 3 is 2.33 bits per heavy atom. The van der Waals surface area contributed by atoms with Crippen LogP contribution in [0.2, 0.25) is 0 Å². The molecule has 0 bridgehead atoms. The number of benzene rings is 1. The fourth-order valence-corrected chi connectivity index (χ4v) is 1.78. The van der Waals surface area contributed by atoms with Crippen molar-refractivity contribution in [3.8, 4) is 11.5 Å². The standard InChI is InChI=1S/C16H22N2O6/c1-9(2)17-14(19)8-24-12-6-5-11(7-13(12)23-4)15(20)18-10(3)16(21)22/h5-7,9-10H,8H2,1-4H3,(H,17,19)(H,18,20)(H,21,22)/t10-/m1/s1. The molecule has 8 heteroatoms. The van der Waals surface area contributed by atoms with E-state index >= 15 is 0 Å². The summed E-state index contributed by atoms with van der Waals surface area (Å²) in [5.41, 5.74) is 0.221. The Morgan fingerprint density at radius 2 is 1.79 bits per heavy atom. The molecule has 2 amide bonds. The number of amides is 2. The molecule has 8 nitrogen and oxygen atoms in total. The molecule has 0 aliphatic rings. The second-order valence-corrected chi connectivity index (χ2v) is 5.41. The molecule has 0 heterocycles. The van der Waals surface area contributed by atoms with E-state index in [0.29, 0.717) is 5.75 Å². The fraction of sp³-hybridized carbons (Fsp3) is 0.438. The number of carboxylic acid groups (broad SMARTS) is 1. The quantitative estimate of drug-likeness (QED) is 0.646. The normalized spacial score (nSPS) is 11.5. The molecule has 3 N–H and O–H groups in total. The van der Waals surface area contributed by atoms with E-state index < -0.39 is 17.9 Å². The number of hydrogen-bond donors (Lipinski definition) is 3. The van der Waals surface area contributed by atoms with Gasteiger partial charge in [-0.1, -0.05) is 0 Å². The summed E-state index contributed by atoms with van der Waals surface area (Å²) >= 11 is 0. The highest BCUT2D eigenvalue weighted by Gasteiger charge is 2.17. The smallest absolute Gasteiger partial charge is 0.325 e. The van der Waals surface area contributed by atoms with E-state index in [-0.39, 0.29) is 29.9 Å². The molecule has 132 valence electrons. The SMILES string of the molecule is COc1cc(C(=O)N[C@H](C)C(=O)O)ccc1OCC(=O)NC(C)C. The molecule has 1 aromatic carbocycles. The van der Waals surface area contributed by atoms with Crippen molar-refractivity contribution < 1.29 is 29.0 Å². The van der Waals surface area contributed by atoms with Gasteiger partial charge in [0.2, 0.25) is 0 Å². The van der Waals surface area contributed by atoms with E-state index in [0.717, 1.165) is 0 Å². The molecular weight excluding hydrogens is 316 g/mol. The maximum absolute atomic E-state index is 12.0. The maximum atomic E-state index is 12.0. The van der Waals surface area contributed by atoms with Crippen LogP contribution in [0.15, 0.2) is 18.2 Å². The van der Waals surface area contributed by atoms with Crippen molar-refractivity contribution in [2.75, 3.05) is 13.7 Å². The predicted octanol–water partition coefficient (Wildman–Crippen LogP) is 0.802. The first-order valence-corrected chi connectivity index (χ1v) is 7.38. The van der Waals surface area contributed by atoms with Crippen molar-refractivity contribution in [3.63, 3.8) is 0 Å². The predicted molar refractivity (Wildman–Crippen MR) is 86.3 cm³/mol. The zero-order chi connectivity index (χ0) is 18.3. The molecular formula is C16H22N2O6. The molecule has 0 aliphatic heterocycles. The van der Waals surface area contributed by atoms with Gasteiger partial charge in [0.25, 0.3) is 11.8 Å². The highest BCUT2D eigenvalue weighted by molar-refractivity contribution is 5.97. The Morgan fingerprint density at radius 1 is 1.12 bits per heavy atom. The summed E-state index contributed by atoms with van der Waals surface area (Å²) in [5.74, 6) is -1.38. The van der Waals surface area contributed by atoms with Crippen LogP contribution in [0.3, 0.4) is 0 Å². The van der Waals surface area contributed by atoms with Gasteiger partial charge in [-0.25, -0.2) is 0 Å². The van der Waals surface area contributed by atoms with E-state index in [4.69, 9.17) is 14.6 Å². The van der Waals surface area contributed by atoms with Crippen molar-refractivity contribution in [3.05, 3.63) is 23.8 Å². The molecule has 1 atom stereocenters. The third-order valence-corrected chi connectivity index (χ3v) is 2.95. The monoisotopic (exact) mass is 338 g/mol. The zero-order valence-electron chi connectivity index (χ0n) is 14.1. The van der Waals surface area contributed by atoms with Crippen LogP contribution in [0.25, 0.3) is 0 Å². The van der Waals surface area contributed by atoms with E-state index in [1.807, 2.05) is 13.8 Å². The molecule has 0 saturated carbocycles. The largest absolute Gasteiger partial charge is 0.493 e. The number of nitrogens with one attached hydrogen (secondary N) is 2. The molecule has 0 spiro atoms. The van der Waals surface area contributed by atoms with Crippen molar-refractivity contribution in [2.45, 2.75) is 32.9 Å². The van der Waals surface area contributed by atoms with Gasteiger partial charge in [-0.05, 0) is 39.0 Å². The lowest BCUT2D eigenvalue weighted by molar-refractivity contribution is -0.138. The van der Waals surface area contributed by atoms with Gasteiger partial charge in [0.15, 0.2) is 18.1 Å². The Hall–Kier alpha value is -2.77. The van der Waals surface area contributed by atoms with Gasteiger partial charge in [0.05, 0.1) is 7.11 Å². The number of hydrogen-bond acceptors (Lipinski definition) is 5. The Labute approximate surface area is 140 Å². The van der Waals surface area contributed by atoms with Crippen LogP contribution in [0, 0.1) is 0 Å². The summed E-state index contributed by atoms with van der Waals surface area (Å²) in [6, 6.07) is 3.35. The summed E-state index contributed by atoms with van der Waals surface area (Å²) in [6.45, 7) is 4.85. The van der Waals surface area contributed by atoms with Gasteiger partial charge in [-0.15, -0.1) is 0 Å².